The normalized spacial score (nSPS) is 13.2. The molecule has 2 aromatic rings. The van der Waals surface area contributed by atoms with Crippen LogP contribution in [-0.4, -0.2) is 61.1 Å². The second kappa shape index (κ2) is 15.6. The zero-order valence-corrected chi connectivity index (χ0v) is 23.5. The summed E-state index contributed by atoms with van der Waals surface area (Å²) < 4.78 is 15.5. The first-order valence-electron chi connectivity index (χ1n) is 12.4. The molecule has 2 amide bonds. The number of thioether (sulfide) groups is 1. The van der Waals surface area contributed by atoms with Crippen molar-refractivity contribution in [3.05, 3.63) is 84.4 Å². The van der Waals surface area contributed by atoms with Crippen LogP contribution in [0, 0.1) is 0 Å². The molecule has 0 spiro atoms. The maximum Gasteiger partial charge on any atom is 0.408 e. The molecule has 2 aromatic carbocycles. The van der Waals surface area contributed by atoms with Crippen LogP contribution in [0.1, 0.15) is 37.1 Å². The van der Waals surface area contributed by atoms with Crippen LogP contribution < -0.4 is 10.6 Å². The SMILES string of the molecule is C=CCOC(=O)C(SC[C@H](NC(=O)[C@H](Cc1ccccc1)NC(=O)OC(C)(C)C)C(=O)OC)c1ccccc1. The number of amides is 2. The molecule has 2 rings (SSSR count). The number of benzene rings is 2. The molecule has 0 heterocycles. The van der Waals surface area contributed by atoms with Crippen LogP contribution in [0.25, 0.3) is 0 Å². The molecule has 0 fully saturated rings. The summed E-state index contributed by atoms with van der Waals surface area (Å²) in [4.78, 5) is 51.3. The van der Waals surface area contributed by atoms with E-state index in [2.05, 4.69) is 17.2 Å². The second-order valence-electron chi connectivity index (χ2n) is 9.52. The maximum absolute atomic E-state index is 13.4. The predicted octanol–water partition coefficient (Wildman–Crippen LogP) is 3.98. The topological polar surface area (TPSA) is 120 Å². The summed E-state index contributed by atoms with van der Waals surface area (Å²) >= 11 is 1.13. The van der Waals surface area contributed by atoms with E-state index in [0.29, 0.717) is 5.56 Å². The van der Waals surface area contributed by atoms with Crippen molar-refractivity contribution in [2.75, 3.05) is 19.5 Å². The highest BCUT2D eigenvalue weighted by atomic mass is 32.2. The first-order valence-corrected chi connectivity index (χ1v) is 13.4. The molecule has 2 N–H and O–H groups in total. The van der Waals surface area contributed by atoms with Gasteiger partial charge in [-0.2, -0.15) is 0 Å². The summed E-state index contributed by atoms with van der Waals surface area (Å²) in [5.74, 6) is -1.80. The Morgan fingerprint density at radius 2 is 1.54 bits per heavy atom. The van der Waals surface area contributed by atoms with Crippen LogP contribution in [0.5, 0.6) is 0 Å². The third-order valence-corrected chi connectivity index (χ3v) is 6.51. The van der Waals surface area contributed by atoms with Gasteiger partial charge in [0.05, 0.1) is 7.11 Å². The number of hydrogen-bond donors (Lipinski definition) is 2. The molecule has 0 aliphatic heterocycles. The lowest BCUT2D eigenvalue weighted by Crippen LogP contribution is -2.54. The first-order chi connectivity index (χ1) is 18.5. The van der Waals surface area contributed by atoms with E-state index in [1.807, 2.05) is 36.4 Å². The average Bonchev–Trinajstić information content (AvgIpc) is 2.90. The van der Waals surface area contributed by atoms with Gasteiger partial charge in [-0.05, 0) is 31.9 Å². The molecule has 0 bridgehead atoms. The third kappa shape index (κ3) is 11.2. The van der Waals surface area contributed by atoms with E-state index in [9.17, 15) is 19.2 Å². The van der Waals surface area contributed by atoms with Gasteiger partial charge < -0.3 is 24.8 Å². The molecule has 10 heteroatoms. The molecular weight excluding hydrogens is 520 g/mol. The zero-order valence-electron chi connectivity index (χ0n) is 22.7. The van der Waals surface area contributed by atoms with E-state index in [4.69, 9.17) is 14.2 Å². The number of nitrogens with one attached hydrogen (secondary N) is 2. The van der Waals surface area contributed by atoms with Gasteiger partial charge in [-0.15, -0.1) is 11.8 Å². The molecule has 0 saturated heterocycles. The monoisotopic (exact) mass is 556 g/mol. The Balaban J connectivity index is 2.22. The fourth-order valence-corrected chi connectivity index (χ4v) is 4.59. The van der Waals surface area contributed by atoms with Crippen LogP contribution in [0.15, 0.2) is 73.3 Å². The summed E-state index contributed by atoms with van der Waals surface area (Å²) in [6.45, 7) is 8.74. The Morgan fingerprint density at radius 3 is 2.10 bits per heavy atom. The van der Waals surface area contributed by atoms with Gasteiger partial charge in [-0.25, -0.2) is 9.59 Å². The fourth-order valence-electron chi connectivity index (χ4n) is 3.43. The molecule has 9 nitrogen and oxygen atoms in total. The largest absolute Gasteiger partial charge is 0.467 e. The number of esters is 2. The van der Waals surface area contributed by atoms with E-state index in [0.717, 1.165) is 17.3 Å². The number of methoxy groups -OCH3 is 1. The van der Waals surface area contributed by atoms with E-state index in [1.54, 1.807) is 45.0 Å². The molecule has 39 heavy (non-hydrogen) atoms. The van der Waals surface area contributed by atoms with Crippen LogP contribution in [0.3, 0.4) is 0 Å². The molecule has 1 unspecified atom stereocenters. The highest BCUT2D eigenvalue weighted by molar-refractivity contribution is 8.00. The van der Waals surface area contributed by atoms with Gasteiger partial charge in [0, 0.05) is 12.2 Å². The van der Waals surface area contributed by atoms with Gasteiger partial charge >= 0.3 is 18.0 Å². The number of carbonyl (C=O) groups excluding carboxylic acids is 4. The standard InChI is InChI=1S/C29H36N2O7S/c1-6-17-37-27(34)24(21-15-11-8-12-16-21)39-19-23(26(33)36-5)30-25(32)22(18-20-13-9-7-10-14-20)31-28(35)38-29(2,3)4/h6-16,22-24H,1,17-19H2,2-5H3,(H,30,32)(H,31,35)/t22-,23-,24?/m0/s1. The average molecular weight is 557 g/mol. The van der Waals surface area contributed by atoms with Crippen molar-refractivity contribution in [3.63, 3.8) is 0 Å². The quantitative estimate of drug-likeness (QED) is 0.216. The Labute approximate surface area is 233 Å². The minimum Gasteiger partial charge on any atom is -0.467 e. The first kappa shape index (κ1) is 31.4. The van der Waals surface area contributed by atoms with Crippen molar-refractivity contribution in [2.24, 2.45) is 0 Å². The lowest BCUT2D eigenvalue weighted by atomic mass is 10.1. The smallest absolute Gasteiger partial charge is 0.408 e. The molecular formula is C29H36N2O7S. The molecule has 3 atom stereocenters. The van der Waals surface area contributed by atoms with Gasteiger partial charge in [0.25, 0.3) is 0 Å². The summed E-state index contributed by atoms with van der Waals surface area (Å²) in [6, 6.07) is 15.9. The zero-order chi connectivity index (χ0) is 28.8. The van der Waals surface area contributed by atoms with E-state index >= 15 is 0 Å². The van der Waals surface area contributed by atoms with Crippen LogP contribution in [0.4, 0.5) is 4.79 Å². The van der Waals surface area contributed by atoms with Crippen molar-refractivity contribution in [1.29, 1.82) is 0 Å². The Kier molecular flexibility index (Phi) is 12.6. The summed E-state index contributed by atoms with van der Waals surface area (Å²) in [5, 5.41) is 4.52. The van der Waals surface area contributed by atoms with E-state index in [-0.39, 0.29) is 18.8 Å². The maximum atomic E-state index is 13.4. The number of ether oxygens (including phenoxy) is 3. The van der Waals surface area contributed by atoms with Crippen molar-refractivity contribution >= 4 is 35.7 Å². The van der Waals surface area contributed by atoms with Gasteiger partial charge in [0.15, 0.2) is 0 Å². The minimum atomic E-state index is -1.11. The van der Waals surface area contributed by atoms with Crippen LogP contribution in [-0.2, 0) is 35.0 Å². The molecule has 210 valence electrons. The van der Waals surface area contributed by atoms with E-state index < -0.39 is 46.9 Å². The number of hydrogen-bond acceptors (Lipinski definition) is 8. The molecule has 0 aliphatic carbocycles. The minimum absolute atomic E-state index is 0.00561. The van der Waals surface area contributed by atoms with Gasteiger partial charge in [0.2, 0.25) is 5.91 Å². The molecule has 0 aliphatic rings. The van der Waals surface area contributed by atoms with Gasteiger partial charge in [-0.1, -0.05) is 73.3 Å². The number of carbonyl (C=O) groups is 4. The van der Waals surface area contributed by atoms with Crippen molar-refractivity contribution < 1.29 is 33.4 Å². The predicted molar refractivity (Wildman–Crippen MR) is 150 cm³/mol. The van der Waals surface area contributed by atoms with Gasteiger partial charge in [0.1, 0.15) is 29.5 Å². The lowest BCUT2D eigenvalue weighted by molar-refractivity contribution is -0.144. The molecule has 0 saturated carbocycles. The van der Waals surface area contributed by atoms with Crippen molar-refractivity contribution in [3.8, 4) is 0 Å². The van der Waals surface area contributed by atoms with Gasteiger partial charge in [-0.3, -0.25) is 9.59 Å². The van der Waals surface area contributed by atoms with Crippen LogP contribution in [0.2, 0.25) is 0 Å². The third-order valence-electron chi connectivity index (χ3n) is 5.18. The summed E-state index contributed by atoms with van der Waals surface area (Å²) in [5.41, 5.74) is 0.710. The Morgan fingerprint density at radius 1 is 0.923 bits per heavy atom. The highest BCUT2D eigenvalue weighted by Crippen LogP contribution is 2.31. The lowest BCUT2D eigenvalue weighted by Gasteiger charge is -2.25. The number of alkyl carbamates (subject to hydrolysis) is 1. The number of rotatable bonds is 13. The molecule has 0 radical (unpaired) electrons. The Hall–Kier alpha value is -3.79. The summed E-state index contributed by atoms with van der Waals surface area (Å²) in [6.07, 6.45) is 0.858. The highest BCUT2D eigenvalue weighted by Gasteiger charge is 2.31. The van der Waals surface area contributed by atoms with E-state index in [1.165, 1.54) is 13.2 Å². The fraction of sp³-hybridized carbons (Fsp3) is 0.379. The van der Waals surface area contributed by atoms with Crippen LogP contribution >= 0.6 is 11.8 Å². The second-order valence-corrected chi connectivity index (χ2v) is 10.7. The Bertz CT molecular complexity index is 1100. The van der Waals surface area contributed by atoms with Crippen molar-refractivity contribution in [1.82, 2.24) is 10.6 Å². The van der Waals surface area contributed by atoms with Crippen molar-refractivity contribution in [2.45, 2.75) is 50.1 Å². The summed E-state index contributed by atoms with van der Waals surface area (Å²) in [7, 11) is 1.21. The molecule has 0 aromatic heterocycles.